The van der Waals surface area contributed by atoms with Crippen molar-refractivity contribution in [1.29, 1.82) is 0 Å². The van der Waals surface area contributed by atoms with Crippen LogP contribution in [-0.4, -0.2) is 7.12 Å². The van der Waals surface area contributed by atoms with Crippen LogP contribution in [0.5, 0.6) is 0 Å². The van der Waals surface area contributed by atoms with Crippen LogP contribution in [0.15, 0.2) is 35.8 Å². The van der Waals surface area contributed by atoms with E-state index in [4.69, 9.17) is 9.31 Å². The van der Waals surface area contributed by atoms with Gasteiger partial charge in [0.05, 0.1) is 0 Å². The fourth-order valence-corrected chi connectivity index (χ4v) is 1.01. The molecule has 0 aromatic rings. The van der Waals surface area contributed by atoms with Gasteiger partial charge in [-0.2, -0.15) is 0 Å². The molecule has 0 unspecified atom stereocenters. The summed E-state index contributed by atoms with van der Waals surface area (Å²) < 4.78 is 10.7. The van der Waals surface area contributed by atoms with Gasteiger partial charge >= 0.3 is 7.12 Å². The van der Waals surface area contributed by atoms with Gasteiger partial charge in [-0.1, -0.05) is 12.2 Å². The van der Waals surface area contributed by atoms with Crippen LogP contribution in [0.25, 0.3) is 0 Å². The first kappa shape index (κ1) is 8.98. The maximum absolute atomic E-state index is 5.39. The molecule has 2 nitrogen and oxygen atoms in total. The quantitative estimate of drug-likeness (QED) is 0.554. The summed E-state index contributed by atoms with van der Waals surface area (Å²) in [5.74, 6) is 1.63. The van der Waals surface area contributed by atoms with E-state index >= 15 is 0 Å². The van der Waals surface area contributed by atoms with Gasteiger partial charge in [-0.15, -0.1) is 0 Å². The van der Waals surface area contributed by atoms with Gasteiger partial charge < -0.3 is 9.31 Å². The largest absolute Gasteiger partial charge is 0.591 e. The van der Waals surface area contributed by atoms with Gasteiger partial charge in [0.1, 0.15) is 11.5 Å². The zero-order valence-electron chi connectivity index (χ0n) is 7.70. The molecule has 0 spiro atoms. The van der Waals surface area contributed by atoms with Gasteiger partial charge in [0.2, 0.25) is 0 Å². The fraction of sp³-hybridized carbons (Fsp3) is 0.333. The van der Waals surface area contributed by atoms with E-state index in [1.807, 2.05) is 45.0 Å². The smallest absolute Gasteiger partial charge is 0.524 e. The lowest BCUT2D eigenvalue weighted by molar-refractivity contribution is 0.421. The average Bonchev–Trinajstić information content (AvgIpc) is 2.42. The van der Waals surface area contributed by atoms with Crippen molar-refractivity contribution in [2.75, 3.05) is 0 Å². The highest BCUT2D eigenvalue weighted by atomic mass is 16.6. The van der Waals surface area contributed by atoms with E-state index < -0.39 is 0 Å². The molecule has 1 aliphatic rings. The number of hydrogen-bond acceptors (Lipinski definition) is 2. The van der Waals surface area contributed by atoms with Crippen molar-refractivity contribution in [3.8, 4) is 0 Å². The first-order chi connectivity index (χ1) is 5.77. The summed E-state index contributed by atoms with van der Waals surface area (Å²) in [6.07, 6.45) is 7.69. The van der Waals surface area contributed by atoms with Crippen molar-refractivity contribution in [2.24, 2.45) is 0 Å². The molecule has 0 aromatic carbocycles. The van der Waals surface area contributed by atoms with Gasteiger partial charge in [-0.05, 0) is 32.8 Å². The summed E-state index contributed by atoms with van der Waals surface area (Å²) in [5, 5.41) is 0. The van der Waals surface area contributed by atoms with Gasteiger partial charge in [-0.3, -0.25) is 0 Å². The molecular weight excluding hydrogens is 151 g/mol. The van der Waals surface area contributed by atoms with Gasteiger partial charge in [0.15, 0.2) is 0 Å². The van der Waals surface area contributed by atoms with Crippen molar-refractivity contribution < 1.29 is 9.31 Å². The standard InChI is InChI=1S/C9H13BO2/c1-4-6-7-9-8(5-2)11-10(3)12-9/h4-7H,1-3H3/b6-4-,8-5+,9-7+. The highest BCUT2D eigenvalue weighted by molar-refractivity contribution is 6.44. The van der Waals surface area contributed by atoms with Crippen LogP contribution in [0.4, 0.5) is 0 Å². The molecule has 0 N–H and O–H groups in total. The molecule has 1 fully saturated rings. The van der Waals surface area contributed by atoms with Crippen LogP contribution in [-0.2, 0) is 9.31 Å². The molecule has 0 aliphatic carbocycles. The first-order valence-electron chi connectivity index (χ1n) is 4.11. The van der Waals surface area contributed by atoms with Crippen molar-refractivity contribution >= 4 is 7.12 Å². The van der Waals surface area contributed by atoms with E-state index in [0.29, 0.717) is 0 Å². The molecule has 1 heterocycles. The second-order valence-corrected chi connectivity index (χ2v) is 2.51. The molecule has 12 heavy (non-hydrogen) atoms. The third-order valence-electron chi connectivity index (χ3n) is 1.53. The normalized spacial score (nSPS) is 23.8. The molecule has 1 rings (SSSR count). The Balaban J connectivity index is 2.77. The van der Waals surface area contributed by atoms with Crippen molar-refractivity contribution in [2.45, 2.75) is 20.7 Å². The lowest BCUT2D eigenvalue weighted by atomic mass is 9.97. The van der Waals surface area contributed by atoms with Crippen LogP contribution in [0.3, 0.4) is 0 Å². The summed E-state index contributed by atoms with van der Waals surface area (Å²) in [7, 11) is -0.160. The van der Waals surface area contributed by atoms with Crippen LogP contribution >= 0.6 is 0 Å². The predicted octanol–water partition coefficient (Wildman–Crippen LogP) is 2.52. The summed E-state index contributed by atoms with van der Waals surface area (Å²) in [6.45, 7) is 5.77. The Labute approximate surface area is 73.7 Å². The Morgan fingerprint density at radius 2 is 1.83 bits per heavy atom. The minimum Gasteiger partial charge on any atom is -0.524 e. The second-order valence-electron chi connectivity index (χ2n) is 2.51. The van der Waals surface area contributed by atoms with E-state index in [1.54, 1.807) is 0 Å². The van der Waals surface area contributed by atoms with Gasteiger partial charge in [0, 0.05) is 0 Å². The second kappa shape index (κ2) is 4.05. The SMILES string of the molecule is C\C=C/C=C1/OB(C)O/C1=C/C. The molecular formula is C9H13BO2. The molecule has 0 aromatic heterocycles. The molecule has 0 saturated carbocycles. The molecule has 64 valence electrons. The van der Waals surface area contributed by atoms with Crippen LogP contribution in [0, 0.1) is 0 Å². The molecule has 0 amide bonds. The minimum absolute atomic E-state index is 0.160. The van der Waals surface area contributed by atoms with Crippen molar-refractivity contribution in [1.82, 2.24) is 0 Å². The first-order valence-corrected chi connectivity index (χ1v) is 4.11. The van der Waals surface area contributed by atoms with E-state index in [0.717, 1.165) is 11.5 Å². The monoisotopic (exact) mass is 164 g/mol. The lowest BCUT2D eigenvalue weighted by Crippen LogP contribution is -2.05. The van der Waals surface area contributed by atoms with E-state index in [1.165, 1.54) is 0 Å². The highest BCUT2D eigenvalue weighted by Crippen LogP contribution is 2.23. The average molecular weight is 164 g/mol. The number of hydrogen-bond donors (Lipinski definition) is 0. The molecule has 1 saturated heterocycles. The Bertz CT molecular complexity index is 241. The van der Waals surface area contributed by atoms with E-state index in [2.05, 4.69) is 0 Å². The van der Waals surface area contributed by atoms with Gasteiger partial charge in [-0.25, -0.2) is 0 Å². The maximum atomic E-state index is 5.39. The van der Waals surface area contributed by atoms with E-state index in [-0.39, 0.29) is 7.12 Å². The molecule has 0 radical (unpaired) electrons. The highest BCUT2D eigenvalue weighted by Gasteiger charge is 2.27. The zero-order valence-corrected chi connectivity index (χ0v) is 7.70. The van der Waals surface area contributed by atoms with Crippen molar-refractivity contribution in [3.63, 3.8) is 0 Å². The van der Waals surface area contributed by atoms with Crippen LogP contribution in [0.2, 0.25) is 6.82 Å². The van der Waals surface area contributed by atoms with Crippen LogP contribution in [0.1, 0.15) is 13.8 Å². The molecule has 0 bridgehead atoms. The molecule has 3 heteroatoms. The summed E-state index contributed by atoms with van der Waals surface area (Å²) in [5.41, 5.74) is 0. The lowest BCUT2D eigenvalue weighted by Gasteiger charge is -1.94. The Morgan fingerprint density at radius 1 is 1.17 bits per heavy atom. The summed E-state index contributed by atoms with van der Waals surface area (Å²) in [6, 6.07) is 0. The molecule has 0 atom stereocenters. The van der Waals surface area contributed by atoms with Gasteiger partial charge in [0.25, 0.3) is 0 Å². The van der Waals surface area contributed by atoms with Crippen molar-refractivity contribution in [3.05, 3.63) is 35.8 Å². The Morgan fingerprint density at radius 3 is 2.42 bits per heavy atom. The number of rotatable bonds is 1. The fourth-order valence-electron chi connectivity index (χ4n) is 1.01. The maximum Gasteiger partial charge on any atom is 0.591 e. The topological polar surface area (TPSA) is 18.5 Å². The summed E-state index contributed by atoms with van der Waals surface area (Å²) in [4.78, 5) is 0. The predicted molar refractivity (Wildman–Crippen MR) is 50.4 cm³/mol. The molecule has 1 aliphatic heterocycles. The van der Waals surface area contributed by atoms with Crippen LogP contribution < -0.4 is 0 Å². The summed E-state index contributed by atoms with van der Waals surface area (Å²) >= 11 is 0. The Hall–Kier alpha value is -1.12. The third kappa shape index (κ3) is 1.94. The number of allylic oxidation sites excluding steroid dienone is 4. The van der Waals surface area contributed by atoms with E-state index in [9.17, 15) is 0 Å². The zero-order chi connectivity index (χ0) is 8.97. The third-order valence-corrected chi connectivity index (χ3v) is 1.53. The minimum atomic E-state index is -0.160. The Kier molecular flexibility index (Phi) is 3.03.